The van der Waals surface area contributed by atoms with E-state index in [0.717, 1.165) is 25.6 Å². The Labute approximate surface area is 228 Å². The van der Waals surface area contributed by atoms with Gasteiger partial charge in [-0.1, -0.05) is 97.8 Å². The second kappa shape index (κ2) is 10.5. The number of fused-ring (bicyclic) bond motifs is 1. The van der Waals surface area contributed by atoms with Crippen molar-refractivity contribution in [3.05, 3.63) is 130 Å². The van der Waals surface area contributed by atoms with Gasteiger partial charge < -0.3 is 4.74 Å². The maximum atomic E-state index is 13.8. The van der Waals surface area contributed by atoms with Crippen LogP contribution in [0.15, 0.2) is 103 Å². The average molecular weight is 624 g/mol. The normalized spacial score (nSPS) is 15.4. The fraction of sp³-hybridized carbons (Fsp3) is 0.107. The lowest BCUT2D eigenvalue weighted by molar-refractivity contribution is -0.138. The topological polar surface area (TPSA) is 60.7 Å². The third-order valence-electron chi connectivity index (χ3n) is 5.73. The van der Waals surface area contributed by atoms with Gasteiger partial charge in [-0.15, -0.1) is 0 Å². The van der Waals surface area contributed by atoms with Crippen LogP contribution in [0.4, 0.5) is 0 Å². The van der Waals surface area contributed by atoms with Crippen molar-refractivity contribution in [1.29, 1.82) is 0 Å². The van der Waals surface area contributed by atoms with Crippen LogP contribution in [0.3, 0.4) is 0 Å². The van der Waals surface area contributed by atoms with Crippen molar-refractivity contribution in [1.82, 2.24) is 4.57 Å². The SMILES string of the molecule is CCOC(=O)C1=C(c2ccccc2)N=c2s/c(=C/c3ccc(Br)cc3)c(=O)n2C1c1ccc(Br)cc1. The quantitative estimate of drug-likeness (QED) is 0.277. The van der Waals surface area contributed by atoms with Gasteiger partial charge in [-0.05, 0) is 48.4 Å². The number of rotatable bonds is 5. The summed E-state index contributed by atoms with van der Waals surface area (Å²) >= 11 is 8.24. The monoisotopic (exact) mass is 622 g/mol. The predicted molar refractivity (Wildman–Crippen MR) is 149 cm³/mol. The Hall–Kier alpha value is -3.07. The van der Waals surface area contributed by atoms with Gasteiger partial charge in [0, 0.05) is 14.5 Å². The predicted octanol–water partition coefficient (Wildman–Crippen LogP) is 5.46. The minimum atomic E-state index is -0.685. The molecule has 0 amide bonds. The molecule has 0 radical (unpaired) electrons. The molecule has 36 heavy (non-hydrogen) atoms. The highest BCUT2D eigenvalue weighted by Gasteiger charge is 2.35. The van der Waals surface area contributed by atoms with Crippen LogP contribution in [0, 0.1) is 0 Å². The van der Waals surface area contributed by atoms with Gasteiger partial charge in [0.05, 0.1) is 28.5 Å². The number of hydrogen-bond donors (Lipinski definition) is 0. The van der Waals surface area contributed by atoms with E-state index < -0.39 is 12.0 Å². The first-order chi connectivity index (χ1) is 17.5. The van der Waals surface area contributed by atoms with Gasteiger partial charge in [0.15, 0.2) is 4.80 Å². The lowest BCUT2D eigenvalue weighted by Gasteiger charge is -2.26. The summed E-state index contributed by atoms with van der Waals surface area (Å²) in [5, 5.41) is 0. The first kappa shape index (κ1) is 24.6. The summed E-state index contributed by atoms with van der Waals surface area (Å²) in [5.74, 6) is -0.491. The molecular formula is C28H20Br2N2O3S. The first-order valence-electron chi connectivity index (χ1n) is 11.3. The Bertz CT molecular complexity index is 1640. The number of carbonyl (C=O) groups excluding carboxylic acids is 1. The molecule has 180 valence electrons. The fourth-order valence-electron chi connectivity index (χ4n) is 4.11. The molecule has 0 bridgehead atoms. The number of thiazole rings is 1. The number of esters is 1. The van der Waals surface area contributed by atoms with Gasteiger partial charge in [-0.3, -0.25) is 9.36 Å². The molecule has 4 aromatic rings. The van der Waals surface area contributed by atoms with Gasteiger partial charge >= 0.3 is 5.97 Å². The summed E-state index contributed by atoms with van der Waals surface area (Å²) in [6.07, 6.45) is 1.85. The highest BCUT2D eigenvalue weighted by atomic mass is 79.9. The van der Waals surface area contributed by atoms with Crippen LogP contribution in [0.5, 0.6) is 0 Å². The average Bonchev–Trinajstić information content (AvgIpc) is 3.20. The van der Waals surface area contributed by atoms with Gasteiger partial charge in [0.1, 0.15) is 0 Å². The van der Waals surface area contributed by atoms with Crippen molar-refractivity contribution >= 4 is 60.9 Å². The highest BCUT2D eigenvalue weighted by molar-refractivity contribution is 9.10. The van der Waals surface area contributed by atoms with E-state index in [4.69, 9.17) is 9.73 Å². The molecule has 0 saturated heterocycles. The molecule has 1 aliphatic heterocycles. The van der Waals surface area contributed by atoms with Crippen molar-refractivity contribution in [3.8, 4) is 0 Å². The van der Waals surface area contributed by atoms with E-state index in [1.54, 1.807) is 11.5 Å². The Kier molecular flexibility index (Phi) is 7.18. The number of aromatic nitrogens is 1. The third kappa shape index (κ3) is 4.81. The van der Waals surface area contributed by atoms with Crippen molar-refractivity contribution in [2.45, 2.75) is 13.0 Å². The summed E-state index contributed by atoms with van der Waals surface area (Å²) in [4.78, 5) is 32.6. The van der Waals surface area contributed by atoms with E-state index in [2.05, 4.69) is 31.9 Å². The molecular weight excluding hydrogens is 604 g/mol. The fourth-order valence-corrected chi connectivity index (χ4v) is 5.64. The van der Waals surface area contributed by atoms with Crippen LogP contribution in [0.1, 0.15) is 29.7 Å². The molecule has 1 aromatic heterocycles. The molecule has 2 heterocycles. The molecule has 0 saturated carbocycles. The molecule has 0 aliphatic carbocycles. The van der Waals surface area contributed by atoms with Crippen molar-refractivity contribution in [2.75, 3.05) is 6.61 Å². The summed E-state index contributed by atoms with van der Waals surface area (Å²) < 4.78 is 9.50. The molecule has 1 atom stereocenters. The molecule has 5 rings (SSSR count). The zero-order valence-electron chi connectivity index (χ0n) is 19.2. The Morgan fingerprint density at radius 3 is 2.28 bits per heavy atom. The smallest absolute Gasteiger partial charge is 0.338 e. The maximum absolute atomic E-state index is 13.8. The molecule has 0 N–H and O–H groups in total. The summed E-state index contributed by atoms with van der Waals surface area (Å²) in [6, 6.07) is 24.2. The number of ether oxygens (including phenoxy) is 1. The molecule has 8 heteroatoms. The van der Waals surface area contributed by atoms with Gasteiger partial charge in [0.2, 0.25) is 0 Å². The van der Waals surface area contributed by atoms with Crippen molar-refractivity contribution in [3.63, 3.8) is 0 Å². The molecule has 0 fully saturated rings. The second-order valence-corrected chi connectivity index (χ2v) is 10.9. The van der Waals surface area contributed by atoms with E-state index in [-0.39, 0.29) is 12.2 Å². The van der Waals surface area contributed by atoms with E-state index in [0.29, 0.717) is 20.6 Å². The zero-order chi connectivity index (χ0) is 25.2. The van der Waals surface area contributed by atoms with Gasteiger partial charge in [-0.2, -0.15) is 0 Å². The lowest BCUT2D eigenvalue weighted by Crippen LogP contribution is -2.40. The minimum absolute atomic E-state index is 0.205. The van der Waals surface area contributed by atoms with Crippen LogP contribution >= 0.6 is 43.2 Å². The lowest BCUT2D eigenvalue weighted by atomic mass is 9.93. The summed E-state index contributed by atoms with van der Waals surface area (Å²) in [6.45, 7) is 1.98. The largest absolute Gasteiger partial charge is 0.463 e. The summed E-state index contributed by atoms with van der Waals surface area (Å²) in [5.41, 5.74) is 3.13. The standard InChI is InChI=1S/C28H20Br2N2O3S/c1-2-35-27(34)23-24(18-6-4-3-5-7-18)31-28-32(25(23)19-10-14-21(30)15-11-19)26(33)22(36-28)16-17-8-12-20(29)13-9-17/h3-16,25H,2H2,1H3/b22-16+. The zero-order valence-corrected chi connectivity index (χ0v) is 23.1. The molecule has 1 aliphatic rings. The Morgan fingerprint density at radius 1 is 1.00 bits per heavy atom. The molecule has 5 nitrogen and oxygen atoms in total. The van der Waals surface area contributed by atoms with E-state index >= 15 is 0 Å². The Balaban J connectivity index is 1.82. The molecule has 3 aromatic carbocycles. The van der Waals surface area contributed by atoms with Crippen molar-refractivity contribution in [2.24, 2.45) is 4.99 Å². The molecule has 1 unspecified atom stereocenters. The van der Waals surface area contributed by atoms with Crippen LogP contribution in [-0.2, 0) is 9.53 Å². The number of halogens is 2. The third-order valence-corrected chi connectivity index (χ3v) is 7.77. The van der Waals surface area contributed by atoms with E-state index in [9.17, 15) is 9.59 Å². The summed E-state index contributed by atoms with van der Waals surface area (Å²) in [7, 11) is 0. The van der Waals surface area contributed by atoms with Gasteiger partial charge in [0.25, 0.3) is 5.56 Å². The molecule has 0 spiro atoms. The van der Waals surface area contributed by atoms with Crippen LogP contribution in [-0.4, -0.2) is 17.1 Å². The van der Waals surface area contributed by atoms with Crippen molar-refractivity contribution < 1.29 is 9.53 Å². The number of hydrogen-bond acceptors (Lipinski definition) is 5. The number of carbonyl (C=O) groups is 1. The van der Waals surface area contributed by atoms with Crippen LogP contribution in [0.25, 0.3) is 11.8 Å². The number of nitrogens with zero attached hydrogens (tertiary/aromatic N) is 2. The highest BCUT2D eigenvalue weighted by Crippen LogP contribution is 2.35. The minimum Gasteiger partial charge on any atom is -0.463 e. The Morgan fingerprint density at radius 2 is 1.64 bits per heavy atom. The van der Waals surface area contributed by atoms with Gasteiger partial charge in [-0.25, -0.2) is 9.79 Å². The van der Waals surface area contributed by atoms with E-state index in [1.165, 1.54) is 11.3 Å². The second-order valence-electron chi connectivity index (χ2n) is 8.03. The van der Waals surface area contributed by atoms with Crippen LogP contribution in [0.2, 0.25) is 0 Å². The van der Waals surface area contributed by atoms with Crippen LogP contribution < -0.4 is 14.9 Å². The maximum Gasteiger partial charge on any atom is 0.338 e. The first-order valence-corrected chi connectivity index (χ1v) is 13.7. The number of benzene rings is 3. The van der Waals surface area contributed by atoms with E-state index in [1.807, 2.05) is 84.9 Å².